The summed E-state index contributed by atoms with van der Waals surface area (Å²) in [5.41, 5.74) is -1.51. The normalized spacial score (nSPS) is 16.4. The summed E-state index contributed by atoms with van der Waals surface area (Å²) in [5, 5.41) is 11.1. The number of rotatable bonds is 3. The molecule has 1 saturated carbocycles. The molecular weight excluding hydrogens is 232 g/mol. The minimum Gasteiger partial charge on any atom is -0.480 e. The molecule has 90 valence electrons. The van der Waals surface area contributed by atoms with Crippen molar-refractivity contribution in [3.63, 3.8) is 0 Å². The summed E-state index contributed by atoms with van der Waals surface area (Å²) in [4.78, 5) is 22.5. The molecule has 1 aromatic carbocycles. The van der Waals surface area contributed by atoms with E-state index >= 15 is 0 Å². The lowest BCUT2D eigenvalue weighted by Crippen LogP contribution is -2.31. The number of carboxylic acids is 1. The molecule has 17 heavy (non-hydrogen) atoms. The molecule has 0 unspecified atom stereocenters. The summed E-state index contributed by atoms with van der Waals surface area (Å²) in [7, 11) is 0. The van der Waals surface area contributed by atoms with Crippen LogP contribution in [0.4, 0.5) is 14.5 Å². The van der Waals surface area contributed by atoms with Crippen LogP contribution >= 0.6 is 0 Å². The van der Waals surface area contributed by atoms with Crippen molar-refractivity contribution in [1.29, 1.82) is 0 Å². The number of hydrogen-bond acceptors (Lipinski definition) is 2. The number of benzene rings is 1. The maximum atomic E-state index is 12.8. The zero-order valence-electron chi connectivity index (χ0n) is 8.67. The predicted octanol–water partition coefficient (Wildman–Crippen LogP) is 1.77. The van der Waals surface area contributed by atoms with E-state index in [0.717, 1.165) is 12.1 Å². The molecule has 1 amide bonds. The molecule has 6 heteroatoms. The van der Waals surface area contributed by atoms with Gasteiger partial charge in [0.05, 0.1) is 0 Å². The standard InChI is InChI=1S/C11H9F2NO3/c12-6-3-7(13)5-8(4-6)14-9(15)11(1-2-11)10(16)17/h3-5H,1-2H2,(H,14,15)(H,16,17). The quantitative estimate of drug-likeness (QED) is 0.792. The van der Waals surface area contributed by atoms with Gasteiger partial charge in [-0.3, -0.25) is 9.59 Å². The number of carbonyl (C=O) groups is 2. The van der Waals surface area contributed by atoms with Crippen LogP contribution in [0.25, 0.3) is 0 Å². The SMILES string of the molecule is O=C(O)C1(C(=O)Nc2cc(F)cc(F)c2)CC1. The van der Waals surface area contributed by atoms with E-state index in [4.69, 9.17) is 5.11 Å². The largest absolute Gasteiger partial charge is 0.480 e. The van der Waals surface area contributed by atoms with E-state index in [1.54, 1.807) is 0 Å². The van der Waals surface area contributed by atoms with Gasteiger partial charge in [0.1, 0.15) is 17.0 Å². The topological polar surface area (TPSA) is 66.4 Å². The van der Waals surface area contributed by atoms with Gasteiger partial charge < -0.3 is 10.4 Å². The Morgan fingerprint density at radius 3 is 2.12 bits per heavy atom. The van der Waals surface area contributed by atoms with Crippen molar-refractivity contribution in [2.24, 2.45) is 5.41 Å². The van der Waals surface area contributed by atoms with Crippen LogP contribution in [0.5, 0.6) is 0 Å². The highest BCUT2D eigenvalue weighted by Gasteiger charge is 2.57. The van der Waals surface area contributed by atoms with Crippen molar-refractivity contribution >= 4 is 17.6 Å². The second-order valence-electron chi connectivity index (χ2n) is 4.00. The lowest BCUT2D eigenvalue weighted by molar-refractivity contribution is -0.147. The van der Waals surface area contributed by atoms with Gasteiger partial charge in [0, 0.05) is 11.8 Å². The minimum atomic E-state index is -1.43. The van der Waals surface area contributed by atoms with Gasteiger partial charge >= 0.3 is 5.97 Å². The summed E-state index contributed by atoms with van der Waals surface area (Å²) in [6.45, 7) is 0. The smallest absolute Gasteiger partial charge is 0.319 e. The highest BCUT2D eigenvalue weighted by atomic mass is 19.1. The van der Waals surface area contributed by atoms with Crippen LogP contribution in [0.2, 0.25) is 0 Å². The van der Waals surface area contributed by atoms with Gasteiger partial charge in [0.2, 0.25) is 5.91 Å². The first-order valence-corrected chi connectivity index (χ1v) is 4.95. The predicted molar refractivity (Wildman–Crippen MR) is 54.3 cm³/mol. The van der Waals surface area contributed by atoms with Crippen LogP contribution in [0, 0.1) is 17.0 Å². The molecule has 0 bridgehead atoms. The molecule has 1 aromatic rings. The Kier molecular flexibility index (Phi) is 2.57. The van der Waals surface area contributed by atoms with E-state index in [1.807, 2.05) is 0 Å². The molecule has 0 spiro atoms. The number of nitrogens with one attached hydrogen (secondary N) is 1. The maximum Gasteiger partial charge on any atom is 0.319 e. The first-order chi connectivity index (χ1) is 7.94. The van der Waals surface area contributed by atoms with E-state index in [2.05, 4.69) is 5.32 Å². The van der Waals surface area contributed by atoms with Crippen LogP contribution in [-0.2, 0) is 9.59 Å². The van der Waals surface area contributed by atoms with E-state index < -0.39 is 28.9 Å². The summed E-state index contributed by atoms with van der Waals surface area (Å²) in [6.07, 6.45) is 0.484. The number of aliphatic carboxylic acids is 1. The van der Waals surface area contributed by atoms with Crippen LogP contribution in [0.3, 0.4) is 0 Å². The zero-order valence-corrected chi connectivity index (χ0v) is 8.67. The van der Waals surface area contributed by atoms with E-state index in [9.17, 15) is 18.4 Å². The number of anilines is 1. The van der Waals surface area contributed by atoms with Gasteiger partial charge in [0.25, 0.3) is 0 Å². The van der Waals surface area contributed by atoms with E-state index in [-0.39, 0.29) is 18.5 Å². The highest BCUT2D eigenvalue weighted by Crippen LogP contribution is 2.46. The summed E-state index contributed by atoms with van der Waals surface area (Å²) in [6, 6.07) is 2.53. The lowest BCUT2D eigenvalue weighted by atomic mass is 10.1. The Hall–Kier alpha value is -1.98. The van der Waals surface area contributed by atoms with Crippen molar-refractivity contribution < 1.29 is 23.5 Å². The fourth-order valence-corrected chi connectivity index (χ4v) is 1.54. The third-order valence-corrected chi connectivity index (χ3v) is 2.71. The summed E-state index contributed by atoms with van der Waals surface area (Å²) < 4.78 is 25.7. The van der Waals surface area contributed by atoms with Crippen molar-refractivity contribution in [3.05, 3.63) is 29.8 Å². The Labute approximate surface area is 95.2 Å². The molecule has 2 N–H and O–H groups in total. The van der Waals surface area contributed by atoms with Crippen molar-refractivity contribution in [2.75, 3.05) is 5.32 Å². The molecule has 1 fully saturated rings. The fourth-order valence-electron chi connectivity index (χ4n) is 1.54. The van der Waals surface area contributed by atoms with Crippen molar-refractivity contribution in [2.45, 2.75) is 12.8 Å². The molecule has 1 aliphatic carbocycles. The second kappa shape index (κ2) is 3.80. The third-order valence-electron chi connectivity index (χ3n) is 2.71. The first kappa shape index (κ1) is 11.5. The van der Waals surface area contributed by atoms with E-state index in [1.165, 1.54) is 0 Å². The average molecular weight is 241 g/mol. The summed E-state index contributed by atoms with van der Waals surface area (Å²) in [5.74, 6) is -3.62. The highest BCUT2D eigenvalue weighted by molar-refractivity contribution is 6.10. The van der Waals surface area contributed by atoms with Crippen molar-refractivity contribution in [3.8, 4) is 0 Å². The molecular formula is C11H9F2NO3. The Balaban J connectivity index is 2.16. The molecule has 2 rings (SSSR count). The van der Waals surface area contributed by atoms with Crippen LogP contribution in [0.1, 0.15) is 12.8 Å². The molecule has 0 saturated heterocycles. The van der Waals surface area contributed by atoms with Gasteiger partial charge in [-0.25, -0.2) is 8.78 Å². The molecule has 0 aromatic heterocycles. The lowest BCUT2D eigenvalue weighted by Gasteiger charge is -2.10. The number of hydrogen-bond donors (Lipinski definition) is 2. The minimum absolute atomic E-state index is 0.0833. The fraction of sp³-hybridized carbons (Fsp3) is 0.273. The Bertz CT molecular complexity index is 477. The Morgan fingerprint density at radius 2 is 1.71 bits per heavy atom. The summed E-state index contributed by atoms with van der Waals surface area (Å²) >= 11 is 0. The van der Waals surface area contributed by atoms with Crippen LogP contribution in [0.15, 0.2) is 18.2 Å². The van der Waals surface area contributed by atoms with Gasteiger partial charge in [-0.05, 0) is 25.0 Å². The Morgan fingerprint density at radius 1 is 1.18 bits per heavy atom. The average Bonchev–Trinajstić information content (AvgIpc) is 2.95. The number of halogens is 2. The van der Waals surface area contributed by atoms with Gasteiger partial charge in [-0.15, -0.1) is 0 Å². The number of carbonyl (C=O) groups excluding carboxylic acids is 1. The molecule has 1 aliphatic rings. The number of amides is 1. The zero-order chi connectivity index (χ0) is 12.6. The van der Waals surface area contributed by atoms with Gasteiger partial charge in [-0.1, -0.05) is 0 Å². The molecule has 0 atom stereocenters. The maximum absolute atomic E-state index is 12.8. The molecule has 0 aliphatic heterocycles. The molecule has 4 nitrogen and oxygen atoms in total. The van der Waals surface area contributed by atoms with Gasteiger partial charge in [-0.2, -0.15) is 0 Å². The third kappa shape index (κ3) is 2.11. The van der Waals surface area contributed by atoms with Crippen LogP contribution in [-0.4, -0.2) is 17.0 Å². The number of carboxylic acid groups (broad SMARTS) is 1. The van der Waals surface area contributed by atoms with E-state index in [0.29, 0.717) is 6.07 Å². The second-order valence-corrected chi connectivity index (χ2v) is 4.00. The van der Waals surface area contributed by atoms with Crippen molar-refractivity contribution in [1.82, 2.24) is 0 Å². The monoisotopic (exact) mass is 241 g/mol. The van der Waals surface area contributed by atoms with Crippen LogP contribution < -0.4 is 5.32 Å². The first-order valence-electron chi connectivity index (χ1n) is 4.95. The molecule has 0 heterocycles. The van der Waals surface area contributed by atoms with Gasteiger partial charge in [0.15, 0.2) is 0 Å². The molecule has 0 radical (unpaired) electrons.